The largest absolute Gasteiger partial charge is 0.493 e. The molecule has 19 heteroatoms. The number of methoxy groups -OCH3 is 1. The molecule has 0 bridgehead atoms. The number of aliphatic hydroxyl groups excluding tert-OH is 1. The third-order valence-corrected chi connectivity index (χ3v) is 9.96. The van der Waals surface area contributed by atoms with Crippen molar-refractivity contribution in [1.29, 1.82) is 0 Å². The fourth-order valence-electron chi connectivity index (χ4n) is 7.24. The van der Waals surface area contributed by atoms with Gasteiger partial charge in [-0.2, -0.15) is 13.2 Å². The topological polar surface area (TPSA) is 189 Å². The molecule has 1 fully saturated rings. The Kier molecular flexibility index (Phi) is 9.70. The summed E-state index contributed by atoms with van der Waals surface area (Å²) in [6, 6.07) is 13.0. The number of aliphatic hydroxyl groups is 1. The second-order valence-electron chi connectivity index (χ2n) is 13.1. The Hall–Kier alpha value is -6.24. The van der Waals surface area contributed by atoms with Gasteiger partial charge in [-0.05, 0) is 48.4 Å². The van der Waals surface area contributed by atoms with Gasteiger partial charge >= 0.3 is 18.2 Å². The lowest BCUT2D eigenvalue weighted by Crippen LogP contribution is -2.51. The van der Waals surface area contributed by atoms with Crippen molar-refractivity contribution < 1.29 is 60.8 Å². The Morgan fingerprint density at radius 3 is 2.61 bits per heavy atom. The molecule has 6 aromatic rings. The van der Waals surface area contributed by atoms with E-state index in [0.717, 1.165) is 0 Å². The van der Waals surface area contributed by atoms with E-state index in [-0.39, 0.29) is 66.3 Å². The minimum atomic E-state index is -5.09. The van der Waals surface area contributed by atoms with Gasteiger partial charge in [0.2, 0.25) is 0 Å². The van der Waals surface area contributed by atoms with Crippen LogP contribution in [0, 0.1) is 0 Å². The van der Waals surface area contributed by atoms with Gasteiger partial charge in [-0.25, -0.2) is 9.59 Å². The number of anilines is 2. The summed E-state index contributed by atoms with van der Waals surface area (Å²) < 4.78 is 70.3. The molecule has 4 N–H and O–H groups in total. The molecule has 15 nitrogen and oxygen atoms in total. The van der Waals surface area contributed by atoms with Gasteiger partial charge in [-0.1, -0.05) is 23.7 Å². The number of hydrogen-bond donors (Lipinski definition) is 4. The maximum absolute atomic E-state index is 14.5. The number of H-pyrrole nitrogens is 2. The number of nitrogens with zero attached hydrogens (tertiary/aromatic N) is 2. The molecule has 57 heavy (non-hydrogen) atoms. The van der Waals surface area contributed by atoms with Gasteiger partial charge < -0.3 is 48.7 Å². The maximum Gasteiger partial charge on any atom is 0.432 e. The second kappa shape index (κ2) is 14.7. The van der Waals surface area contributed by atoms with Crippen LogP contribution in [0.4, 0.5) is 29.3 Å². The van der Waals surface area contributed by atoms with Crippen LogP contribution in [0.15, 0.2) is 59.0 Å². The summed E-state index contributed by atoms with van der Waals surface area (Å²) in [6.07, 6.45) is -6.07. The minimum absolute atomic E-state index is 0.00207. The molecule has 0 aliphatic carbocycles. The molecular formula is C38H31ClF3N5O10. The van der Waals surface area contributed by atoms with E-state index in [1.54, 1.807) is 48.5 Å². The number of morpholine rings is 1. The van der Waals surface area contributed by atoms with Crippen LogP contribution < -0.4 is 19.7 Å². The monoisotopic (exact) mass is 809 g/mol. The van der Waals surface area contributed by atoms with Gasteiger partial charge in [0.05, 0.1) is 49.7 Å². The first-order valence-corrected chi connectivity index (χ1v) is 17.9. The molecule has 0 unspecified atom stereocenters. The standard InChI is InChI=1S/C38H31ClF3N5O10/c1-53-26-4-2-3-18-13-28(56-32(18)26)34(49)43-20-5-6-23-19(11-20)12-24(44-23)35(50)47-8-7-22-25(47)14-27(57-37(52)46-9-10-54-16-21(46)15-48)31-29(22)30(36(51)55-17-39)33(45-31)38(40,41)42/h2-6,11-14,21,44-45,48H,7-10,15-17H2,1H3,(H,43,49)/t21-/m0/s1. The summed E-state index contributed by atoms with van der Waals surface area (Å²) in [5.74, 6) is -2.39. The molecule has 0 spiro atoms. The molecule has 3 aromatic carbocycles. The van der Waals surface area contributed by atoms with Crippen LogP contribution in [-0.4, -0.2) is 96.0 Å². The number of hydrogen-bond acceptors (Lipinski definition) is 10. The number of carbonyl (C=O) groups excluding carboxylic acids is 4. The van der Waals surface area contributed by atoms with Crippen molar-refractivity contribution in [2.45, 2.75) is 18.6 Å². The number of nitrogens with one attached hydrogen (secondary N) is 3. The van der Waals surface area contributed by atoms with Crippen LogP contribution in [0.25, 0.3) is 32.8 Å². The highest BCUT2D eigenvalue weighted by atomic mass is 35.5. The Balaban J connectivity index is 1.14. The van der Waals surface area contributed by atoms with E-state index in [2.05, 4.69) is 15.3 Å². The highest BCUT2D eigenvalue weighted by molar-refractivity contribution is 6.19. The summed E-state index contributed by atoms with van der Waals surface area (Å²) in [6.45, 7) is -0.348. The lowest BCUT2D eigenvalue weighted by molar-refractivity contribution is -0.141. The molecule has 3 amide bonds. The summed E-state index contributed by atoms with van der Waals surface area (Å²) in [5, 5.41) is 13.6. The van der Waals surface area contributed by atoms with Crippen LogP contribution in [0.2, 0.25) is 0 Å². The van der Waals surface area contributed by atoms with E-state index in [4.69, 9.17) is 35.0 Å². The van der Waals surface area contributed by atoms with Gasteiger partial charge in [-0.15, -0.1) is 0 Å². The normalized spacial score (nSPS) is 15.6. The molecule has 5 heterocycles. The van der Waals surface area contributed by atoms with Crippen molar-refractivity contribution in [3.8, 4) is 11.5 Å². The van der Waals surface area contributed by atoms with Crippen molar-refractivity contribution in [3.05, 3.63) is 82.9 Å². The summed E-state index contributed by atoms with van der Waals surface area (Å²) >= 11 is 5.59. The highest BCUT2D eigenvalue weighted by Gasteiger charge is 2.43. The third kappa shape index (κ3) is 6.74. The number of furan rings is 1. The van der Waals surface area contributed by atoms with Crippen molar-refractivity contribution in [2.24, 2.45) is 0 Å². The molecule has 1 atom stereocenters. The van der Waals surface area contributed by atoms with E-state index in [9.17, 15) is 37.5 Å². The average Bonchev–Trinajstić information content (AvgIpc) is 4.00. The van der Waals surface area contributed by atoms with E-state index >= 15 is 0 Å². The first-order chi connectivity index (χ1) is 27.4. The highest BCUT2D eigenvalue weighted by Crippen LogP contribution is 2.46. The maximum atomic E-state index is 14.5. The molecular weight excluding hydrogens is 779 g/mol. The van der Waals surface area contributed by atoms with E-state index in [1.807, 2.05) is 0 Å². The van der Waals surface area contributed by atoms with Gasteiger partial charge in [0.25, 0.3) is 11.8 Å². The number of amides is 3. The number of benzene rings is 3. The number of fused-ring (bicyclic) bond motifs is 5. The lowest BCUT2D eigenvalue weighted by atomic mass is 10.0. The number of aromatic nitrogens is 2. The van der Waals surface area contributed by atoms with Gasteiger partial charge in [-0.3, -0.25) is 14.5 Å². The Morgan fingerprint density at radius 2 is 1.86 bits per heavy atom. The van der Waals surface area contributed by atoms with Crippen LogP contribution in [0.5, 0.6) is 11.5 Å². The van der Waals surface area contributed by atoms with Crippen LogP contribution in [0.1, 0.15) is 42.7 Å². The number of halogens is 4. The number of carbonyl (C=O) groups is 4. The van der Waals surface area contributed by atoms with Crippen molar-refractivity contribution >= 4 is 79.6 Å². The zero-order valence-electron chi connectivity index (χ0n) is 29.8. The fourth-order valence-corrected chi connectivity index (χ4v) is 7.34. The Bertz CT molecular complexity index is 2600. The van der Waals surface area contributed by atoms with E-state index in [0.29, 0.717) is 33.3 Å². The summed E-state index contributed by atoms with van der Waals surface area (Å²) in [7, 11) is 1.49. The number of rotatable bonds is 8. The zero-order chi connectivity index (χ0) is 40.2. The zero-order valence-corrected chi connectivity index (χ0v) is 30.5. The van der Waals surface area contributed by atoms with Crippen LogP contribution >= 0.6 is 11.6 Å². The molecule has 2 aliphatic heterocycles. The molecule has 0 saturated carbocycles. The quantitative estimate of drug-likeness (QED) is 0.0987. The molecule has 0 radical (unpaired) electrons. The van der Waals surface area contributed by atoms with Crippen molar-refractivity contribution in [3.63, 3.8) is 0 Å². The number of alkyl halides is 4. The van der Waals surface area contributed by atoms with Crippen molar-refractivity contribution in [2.75, 3.05) is 56.3 Å². The smallest absolute Gasteiger partial charge is 0.432 e. The first kappa shape index (κ1) is 37.7. The molecule has 2 aliphatic rings. The van der Waals surface area contributed by atoms with Gasteiger partial charge in [0.1, 0.15) is 11.4 Å². The minimum Gasteiger partial charge on any atom is -0.493 e. The van der Waals surface area contributed by atoms with Gasteiger partial charge in [0, 0.05) is 46.5 Å². The molecule has 296 valence electrons. The number of para-hydroxylation sites is 1. The Labute approximate surface area is 324 Å². The summed E-state index contributed by atoms with van der Waals surface area (Å²) in [5.41, 5.74) is -0.968. The second-order valence-corrected chi connectivity index (χ2v) is 13.4. The Morgan fingerprint density at radius 1 is 1.04 bits per heavy atom. The predicted octanol–water partition coefficient (Wildman–Crippen LogP) is 6.42. The number of aromatic amines is 2. The first-order valence-electron chi connectivity index (χ1n) is 17.4. The van der Waals surface area contributed by atoms with Crippen molar-refractivity contribution in [1.82, 2.24) is 14.9 Å². The van der Waals surface area contributed by atoms with Crippen LogP contribution in [0.3, 0.4) is 0 Å². The SMILES string of the molecule is COc1cccc2cc(C(=O)Nc3ccc4[nH]c(C(=O)N5CCc6c5cc(OC(=O)N5CCOC[C@@H]5CO)c5[nH]c(C(F)(F)F)c(C(=O)OCCl)c65)cc4c3)oc12. The van der Waals surface area contributed by atoms with E-state index in [1.165, 1.54) is 23.0 Å². The molecule has 3 aromatic heterocycles. The third-order valence-electron chi connectivity index (χ3n) is 9.85. The molecule has 1 saturated heterocycles. The molecule has 8 rings (SSSR count). The predicted molar refractivity (Wildman–Crippen MR) is 198 cm³/mol. The fraction of sp³-hybridized carbons (Fsp3) is 0.263. The van der Waals surface area contributed by atoms with Crippen LogP contribution in [-0.2, 0) is 22.1 Å². The van der Waals surface area contributed by atoms with Gasteiger partial charge in [0.15, 0.2) is 28.9 Å². The number of ether oxygens (including phenoxy) is 4. The number of esters is 1. The van der Waals surface area contributed by atoms with E-state index < -0.39 is 65.8 Å². The lowest BCUT2D eigenvalue weighted by Gasteiger charge is -2.33. The average molecular weight is 810 g/mol. The summed E-state index contributed by atoms with van der Waals surface area (Å²) in [4.78, 5) is 61.6.